The van der Waals surface area contributed by atoms with Gasteiger partial charge in [0.1, 0.15) is 12.2 Å². The zero-order valence-electron chi connectivity index (χ0n) is 17.9. The molecule has 0 spiro atoms. The van der Waals surface area contributed by atoms with Crippen molar-refractivity contribution in [3.05, 3.63) is 69.7 Å². The normalized spacial score (nSPS) is 23.1. The van der Waals surface area contributed by atoms with Crippen LogP contribution in [0, 0.1) is 0 Å². The van der Waals surface area contributed by atoms with Crippen molar-refractivity contribution < 1.29 is 24.5 Å². The van der Waals surface area contributed by atoms with E-state index < -0.39 is 42.7 Å². The van der Waals surface area contributed by atoms with Gasteiger partial charge >= 0.3 is 5.97 Å². The number of aliphatic carboxylic acids is 1. The standard InChI is InChI=1S/C24H27Cl2NO5/c1-3-19(11-14(2)28)27-22(15-7-9-17(25)10-8-15)23(16-5-4-6-18(26)12-16)32-20(24(27)31)13-21(29)30/h4-10,12,14,19-20,22-23,28H,3,11,13H2,1-2H3,(H,29,30)/t14-,19?,20+,22?,23+/m0/s1. The minimum Gasteiger partial charge on any atom is -0.481 e. The van der Waals surface area contributed by atoms with Crippen LogP contribution in [-0.4, -0.2) is 45.2 Å². The fourth-order valence-corrected chi connectivity index (χ4v) is 4.60. The number of aliphatic hydroxyl groups is 1. The number of nitrogens with zero attached hydrogens (tertiary/aromatic N) is 1. The maximum atomic E-state index is 13.5. The van der Waals surface area contributed by atoms with Crippen LogP contribution in [0.25, 0.3) is 0 Å². The second kappa shape index (κ2) is 10.7. The van der Waals surface area contributed by atoms with Crippen molar-refractivity contribution in [2.45, 2.75) is 63.5 Å². The summed E-state index contributed by atoms with van der Waals surface area (Å²) in [7, 11) is 0. The SMILES string of the molecule is CCC(C[C@H](C)O)N1C(=O)[C@@H](CC(=O)O)O[C@H](c2cccc(Cl)c2)C1c1ccc(Cl)cc1. The van der Waals surface area contributed by atoms with Gasteiger partial charge in [0, 0.05) is 16.1 Å². The smallest absolute Gasteiger partial charge is 0.306 e. The molecular weight excluding hydrogens is 453 g/mol. The molecule has 1 amide bonds. The predicted octanol–water partition coefficient (Wildman–Crippen LogP) is 5.03. The minimum atomic E-state index is -1.15. The second-order valence-electron chi connectivity index (χ2n) is 8.09. The zero-order chi connectivity index (χ0) is 23.4. The van der Waals surface area contributed by atoms with Crippen molar-refractivity contribution in [1.82, 2.24) is 4.90 Å². The second-order valence-corrected chi connectivity index (χ2v) is 8.96. The van der Waals surface area contributed by atoms with Crippen molar-refractivity contribution in [2.75, 3.05) is 0 Å². The van der Waals surface area contributed by atoms with Gasteiger partial charge in [0.25, 0.3) is 5.91 Å². The summed E-state index contributed by atoms with van der Waals surface area (Å²) in [5, 5.41) is 20.6. The number of carboxylic acids is 1. The lowest BCUT2D eigenvalue weighted by atomic mass is 9.88. The van der Waals surface area contributed by atoms with Crippen LogP contribution in [0.2, 0.25) is 10.0 Å². The number of benzene rings is 2. The molecule has 1 aliphatic heterocycles. The van der Waals surface area contributed by atoms with E-state index in [0.717, 1.165) is 11.1 Å². The molecule has 1 heterocycles. The fourth-order valence-electron chi connectivity index (χ4n) is 4.27. The van der Waals surface area contributed by atoms with Crippen molar-refractivity contribution in [3.8, 4) is 0 Å². The molecule has 5 atom stereocenters. The van der Waals surface area contributed by atoms with E-state index >= 15 is 0 Å². The summed E-state index contributed by atoms with van der Waals surface area (Å²) in [5.74, 6) is -1.53. The molecule has 0 bridgehead atoms. The first-order chi connectivity index (χ1) is 15.2. The number of amides is 1. The molecule has 2 aromatic rings. The van der Waals surface area contributed by atoms with E-state index in [9.17, 15) is 19.8 Å². The number of rotatable bonds is 8. The Morgan fingerprint density at radius 3 is 2.38 bits per heavy atom. The quantitative estimate of drug-likeness (QED) is 0.554. The Kier molecular flexibility index (Phi) is 8.17. The van der Waals surface area contributed by atoms with Crippen LogP contribution in [0.5, 0.6) is 0 Å². The van der Waals surface area contributed by atoms with Crippen LogP contribution in [0.4, 0.5) is 0 Å². The molecule has 2 unspecified atom stereocenters. The topological polar surface area (TPSA) is 87.1 Å². The molecule has 6 nitrogen and oxygen atoms in total. The molecule has 0 saturated carbocycles. The molecule has 2 aromatic carbocycles. The van der Waals surface area contributed by atoms with Gasteiger partial charge in [-0.25, -0.2) is 0 Å². The summed E-state index contributed by atoms with van der Waals surface area (Å²) in [6.45, 7) is 3.61. The maximum absolute atomic E-state index is 13.5. The lowest BCUT2D eigenvalue weighted by molar-refractivity contribution is -0.184. The average Bonchev–Trinajstić information content (AvgIpc) is 2.73. The van der Waals surface area contributed by atoms with E-state index in [1.807, 2.05) is 25.1 Å². The van der Waals surface area contributed by atoms with E-state index in [0.29, 0.717) is 22.9 Å². The minimum absolute atomic E-state index is 0.315. The molecule has 172 valence electrons. The average molecular weight is 480 g/mol. The third-order valence-electron chi connectivity index (χ3n) is 5.65. The monoisotopic (exact) mass is 479 g/mol. The number of carboxylic acid groups (broad SMARTS) is 1. The first-order valence-electron chi connectivity index (χ1n) is 10.6. The fraction of sp³-hybridized carbons (Fsp3) is 0.417. The molecule has 8 heteroatoms. The highest BCUT2D eigenvalue weighted by molar-refractivity contribution is 6.30. The molecule has 0 radical (unpaired) electrons. The molecular formula is C24H27Cl2NO5. The van der Waals surface area contributed by atoms with E-state index in [4.69, 9.17) is 27.9 Å². The highest BCUT2D eigenvalue weighted by Crippen LogP contribution is 2.45. The highest BCUT2D eigenvalue weighted by Gasteiger charge is 2.47. The Hall–Kier alpha value is -2.12. The van der Waals surface area contributed by atoms with E-state index in [1.165, 1.54) is 0 Å². The summed E-state index contributed by atoms with van der Waals surface area (Å²) in [6.07, 6.45) is -1.95. The lowest BCUT2D eigenvalue weighted by Crippen LogP contribution is -2.55. The highest BCUT2D eigenvalue weighted by atomic mass is 35.5. The Balaban J connectivity index is 2.17. The zero-order valence-corrected chi connectivity index (χ0v) is 19.5. The number of carbonyl (C=O) groups is 2. The number of hydrogen-bond donors (Lipinski definition) is 2. The summed E-state index contributed by atoms with van der Waals surface area (Å²) >= 11 is 12.3. The summed E-state index contributed by atoms with van der Waals surface area (Å²) < 4.78 is 6.15. The van der Waals surface area contributed by atoms with Crippen molar-refractivity contribution in [1.29, 1.82) is 0 Å². The molecule has 0 aromatic heterocycles. The van der Waals surface area contributed by atoms with Gasteiger partial charge in [-0.05, 0) is 55.2 Å². The van der Waals surface area contributed by atoms with Gasteiger partial charge in [0.05, 0.1) is 18.6 Å². The van der Waals surface area contributed by atoms with Gasteiger partial charge in [0.2, 0.25) is 0 Å². The van der Waals surface area contributed by atoms with Gasteiger partial charge in [-0.3, -0.25) is 9.59 Å². The summed E-state index contributed by atoms with van der Waals surface area (Å²) in [6, 6.07) is 13.4. The number of carbonyl (C=O) groups excluding carboxylic acids is 1. The Morgan fingerprint density at radius 2 is 1.81 bits per heavy atom. The lowest BCUT2D eigenvalue weighted by Gasteiger charge is -2.48. The Morgan fingerprint density at radius 1 is 1.12 bits per heavy atom. The third kappa shape index (κ3) is 5.62. The number of hydrogen-bond acceptors (Lipinski definition) is 4. The summed E-state index contributed by atoms with van der Waals surface area (Å²) in [5.41, 5.74) is 1.53. The van der Waals surface area contributed by atoms with Crippen LogP contribution in [-0.2, 0) is 14.3 Å². The molecule has 1 saturated heterocycles. The van der Waals surface area contributed by atoms with Crippen molar-refractivity contribution in [2.24, 2.45) is 0 Å². The van der Waals surface area contributed by atoms with E-state index in [-0.39, 0.29) is 6.04 Å². The summed E-state index contributed by atoms with van der Waals surface area (Å²) in [4.78, 5) is 26.7. The predicted molar refractivity (Wildman–Crippen MR) is 123 cm³/mol. The van der Waals surface area contributed by atoms with E-state index in [2.05, 4.69) is 0 Å². The van der Waals surface area contributed by atoms with Crippen LogP contribution in [0.15, 0.2) is 48.5 Å². The Bertz CT molecular complexity index is 950. The molecule has 0 aliphatic carbocycles. The molecule has 2 N–H and O–H groups in total. The number of morpholine rings is 1. The van der Waals surface area contributed by atoms with Crippen LogP contribution in [0.1, 0.15) is 56.4 Å². The number of aliphatic hydroxyl groups excluding tert-OH is 1. The van der Waals surface area contributed by atoms with Gasteiger partial charge in [-0.1, -0.05) is 54.4 Å². The largest absolute Gasteiger partial charge is 0.481 e. The third-order valence-corrected chi connectivity index (χ3v) is 6.14. The molecule has 1 aliphatic rings. The van der Waals surface area contributed by atoms with Crippen LogP contribution < -0.4 is 0 Å². The number of ether oxygens (including phenoxy) is 1. The van der Waals surface area contributed by atoms with Gasteiger partial charge < -0.3 is 19.8 Å². The van der Waals surface area contributed by atoms with Gasteiger partial charge in [-0.2, -0.15) is 0 Å². The number of halogens is 2. The van der Waals surface area contributed by atoms with E-state index in [1.54, 1.807) is 42.2 Å². The van der Waals surface area contributed by atoms with Crippen LogP contribution >= 0.6 is 23.2 Å². The van der Waals surface area contributed by atoms with Gasteiger partial charge in [0.15, 0.2) is 0 Å². The van der Waals surface area contributed by atoms with Crippen molar-refractivity contribution >= 4 is 35.1 Å². The first-order valence-corrected chi connectivity index (χ1v) is 11.3. The molecule has 1 fully saturated rings. The molecule has 3 rings (SSSR count). The first kappa shape index (κ1) is 24.5. The van der Waals surface area contributed by atoms with Crippen molar-refractivity contribution in [3.63, 3.8) is 0 Å². The molecule has 32 heavy (non-hydrogen) atoms. The van der Waals surface area contributed by atoms with Crippen LogP contribution in [0.3, 0.4) is 0 Å². The van der Waals surface area contributed by atoms with Gasteiger partial charge in [-0.15, -0.1) is 0 Å². The Labute approximate surface area is 197 Å². The maximum Gasteiger partial charge on any atom is 0.306 e.